The largest absolute Gasteiger partial charge is 0.342 e. The van der Waals surface area contributed by atoms with Gasteiger partial charge < -0.3 is 4.90 Å². The molecule has 0 unspecified atom stereocenters. The Hall–Kier alpha value is -1.42. The van der Waals surface area contributed by atoms with Crippen molar-refractivity contribution in [3.63, 3.8) is 0 Å². The van der Waals surface area contributed by atoms with E-state index in [0.717, 1.165) is 44.8 Å². The number of hydrogen-bond donors (Lipinski definition) is 0. The number of carbonyl (C=O) groups is 1. The Kier molecular flexibility index (Phi) is 5.53. The molecule has 0 saturated carbocycles. The second-order valence-electron chi connectivity index (χ2n) is 5.91. The maximum Gasteiger partial charge on any atom is 0.236 e. The van der Waals surface area contributed by atoms with Crippen LogP contribution in [-0.2, 0) is 11.2 Å². The highest BCUT2D eigenvalue weighted by Crippen LogP contribution is 2.16. The zero-order valence-corrected chi connectivity index (χ0v) is 12.6. The van der Waals surface area contributed by atoms with Crippen molar-refractivity contribution in [3.05, 3.63) is 30.1 Å². The molecule has 0 radical (unpaired) electrons. The number of pyridine rings is 1. The molecule has 4 nitrogen and oxygen atoms in total. The quantitative estimate of drug-likeness (QED) is 0.822. The summed E-state index contributed by atoms with van der Waals surface area (Å²) in [6, 6.07) is 4.06. The van der Waals surface area contributed by atoms with Crippen LogP contribution in [0.4, 0.5) is 0 Å². The normalized spacial score (nSPS) is 16.6. The van der Waals surface area contributed by atoms with Crippen LogP contribution in [-0.4, -0.2) is 53.9 Å². The molecule has 1 fully saturated rings. The van der Waals surface area contributed by atoms with Crippen molar-refractivity contribution >= 4 is 5.91 Å². The monoisotopic (exact) mass is 275 g/mol. The fourth-order valence-electron chi connectivity index (χ4n) is 2.54. The van der Waals surface area contributed by atoms with Gasteiger partial charge in [0.25, 0.3) is 0 Å². The van der Waals surface area contributed by atoms with Gasteiger partial charge in [-0.2, -0.15) is 0 Å². The molecule has 0 bridgehead atoms. The van der Waals surface area contributed by atoms with Gasteiger partial charge in [-0.05, 0) is 49.9 Å². The Labute approximate surface area is 121 Å². The first-order chi connectivity index (χ1) is 9.65. The van der Waals surface area contributed by atoms with Crippen molar-refractivity contribution in [1.82, 2.24) is 14.8 Å². The lowest BCUT2D eigenvalue weighted by Gasteiger charge is -2.31. The van der Waals surface area contributed by atoms with Crippen molar-refractivity contribution in [2.75, 3.05) is 33.2 Å². The van der Waals surface area contributed by atoms with Crippen molar-refractivity contribution in [2.45, 2.75) is 26.2 Å². The van der Waals surface area contributed by atoms with E-state index in [2.05, 4.69) is 16.8 Å². The van der Waals surface area contributed by atoms with E-state index in [1.807, 2.05) is 36.5 Å². The van der Waals surface area contributed by atoms with Crippen LogP contribution in [0.5, 0.6) is 0 Å². The molecule has 0 spiro atoms. The van der Waals surface area contributed by atoms with Crippen LogP contribution in [0.1, 0.15) is 25.3 Å². The standard InChI is InChI=1S/C16H25N3O/c1-14-5-11-19(12-6-14)16(20)13-18(2)10-7-15-3-8-17-9-4-15/h3-4,8-9,14H,5-7,10-13H2,1-2H3. The first-order valence-electron chi connectivity index (χ1n) is 7.50. The van der Waals surface area contributed by atoms with Crippen LogP contribution in [0, 0.1) is 5.92 Å². The van der Waals surface area contributed by atoms with E-state index in [-0.39, 0.29) is 5.91 Å². The lowest BCUT2D eigenvalue weighted by Crippen LogP contribution is -2.43. The molecule has 1 amide bonds. The Bertz CT molecular complexity index is 413. The maximum atomic E-state index is 12.2. The molecular weight excluding hydrogens is 250 g/mol. The summed E-state index contributed by atoms with van der Waals surface area (Å²) in [4.78, 5) is 20.3. The van der Waals surface area contributed by atoms with Crippen LogP contribution >= 0.6 is 0 Å². The summed E-state index contributed by atoms with van der Waals surface area (Å²) in [5, 5.41) is 0. The third-order valence-corrected chi connectivity index (χ3v) is 4.07. The average molecular weight is 275 g/mol. The van der Waals surface area contributed by atoms with Crippen LogP contribution in [0.3, 0.4) is 0 Å². The van der Waals surface area contributed by atoms with E-state index < -0.39 is 0 Å². The molecule has 1 aliphatic heterocycles. The number of piperidine rings is 1. The zero-order valence-electron chi connectivity index (χ0n) is 12.6. The number of hydrogen-bond acceptors (Lipinski definition) is 3. The second-order valence-corrected chi connectivity index (χ2v) is 5.91. The fourth-order valence-corrected chi connectivity index (χ4v) is 2.54. The number of likely N-dealkylation sites (N-methyl/N-ethyl adjacent to an activating group) is 1. The summed E-state index contributed by atoms with van der Waals surface area (Å²) >= 11 is 0. The van der Waals surface area contributed by atoms with E-state index in [9.17, 15) is 4.79 Å². The summed E-state index contributed by atoms with van der Waals surface area (Å²) in [6.07, 6.45) is 6.88. The highest BCUT2D eigenvalue weighted by Gasteiger charge is 2.20. The summed E-state index contributed by atoms with van der Waals surface area (Å²) < 4.78 is 0. The molecule has 1 saturated heterocycles. The van der Waals surface area contributed by atoms with Gasteiger partial charge in [-0.1, -0.05) is 6.92 Å². The lowest BCUT2D eigenvalue weighted by molar-refractivity contribution is -0.133. The average Bonchev–Trinajstić information content (AvgIpc) is 2.47. The molecule has 0 aliphatic carbocycles. The third-order valence-electron chi connectivity index (χ3n) is 4.07. The molecule has 2 rings (SSSR count). The van der Waals surface area contributed by atoms with Gasteiger partial charge in [0, 0.05) is 32.0 Å². The van der Waals surface area contributed by atoms with Gasteiger partial charge in [-0.25, -0.2) is 0 Å². The van der Waals surface area contributed by atoms with Crippen molar-refractivity contribution < 1.29 is 4.79 Å². The lowest BCUT2D eigenvalue weighted by atomic mass is 9.99. The van der Waals surface area contributed by atoms with E-state index >= 15 is 0 Å². The first-order valence-corrected chi connectivity index (χ1v) is 7.50. The number of rotatable bonds is 5. The van der Waals surface area contributed by atoms with E-state index in [0.29, 0.717) is 6.54 Å². The first kappa shape index (κ1) is 15.0. The Morgan fingerprint density at radius 1 is 1.35 bits per heavy atom. The molecule has 1 aromatic heterocycles. The number of amides is 1. The number of nitrogens with zero attached hydrogens (tertiary/aromatic N) is 3. The zero-order chi connectivity index (χ0) is 14.4. The van der Waals surface area contributed by atoms with Gasteiger partial charge >= 0.3 is 0 Å². The SMILES string of the molecule is CC1CCN(C(=O)CN(C)CCc2ccncc2)CC1. The fraction of sp³-hybridized carbons (Fsp3) is 0.625. The molecule has 1 aromatic rings. The van der Waals surface area contributed by atoms with Crippen LogP contribution < -0.4 is 0 Å². The maximum absolute atomic E-state index is 12.2. The van der Waals surface area contributed by atoms with Crippen molar-refractivity contribution in [3.8, 4) is 0 Å². The molecule has 0 N–H and O–H groups in total. The topological polar surface area (TPSA) is 36.4 Å². The highest BCUT2D eigenvalue weighted by molar-refractivity contribution is 5.78. The number of carbonyl (C=O) groups excluding carboxylic acids is 1. The summed E-state index contributed by atoms with van der Waals surface area (Å²) in [7, 11) is 2.02. The Balaban J connectivity index is 1.71. The molecule has 20 heavy (non-hydrogen) atoms. The predicted octanol–water partition coefficient (Wildman–Crippen LogP) is 1.81. The molecule has 110 valence electrons. The minimum absolute atomic E-state index is 0.272. The minimum atomic E-state index is 0.272. The van der Waals surface area contributed by atoms with Crippen molar-refractivity contribution in [1.29, 1.82) is 0 Å². The number of aromatic nitrogens is 1. The molecule has 0 aromatic carbocycles. The molecule has 0 atom stereocenters. The van der Waals surface area contributed by atoms with Crippen molar-refractivity contribution in [2.24, 2.45) is 5.92 Å². The van der Waals surface area contributed by atoms with Gasteiger partial charge in [0.1, 0.15) is 0 Å². The molecular formula is C16H25N3O. The minimum Gasteiger partial charge on any atom is -0.342 e. The molecule has 2 heterocycles. The van der Waals surface area contributed by atoms with E-state index in [1.54, 1.807) is 0 Å². The smallest absolute Gasteiger partial charge is 0.236 e. The highest BCUT2D eigenvalue weighted by atomic mass is 16.2. The van der Waals surface area contributed by atoms with Gasteiger partial charge in [0.05, 0.1) is 6.54 Å². The Morgan fingerprint density at radius 3 is 2.65 bits per heavy atom. The van der Waals surface area contributed by atoms with E-state index in [4.69, 9.17) is 0 Å². The van der Waals surface area contributed by atoms with Gasteiger partial charge in [0.15, 0.2) is 0 Å². The van der Waals surface area contributed by atoms with Gasteiger partial charge in [0.2, 0.25) is 5.91 Å². The third kappa shape index (κ3) is 4.60. The summed E-state index contributed by atoms with van der Waals surface area (Å²) in [5.41, 5.74) is 1.27. The number of likely N-dealkylation sites (tertiary alicyclic amines) is 1. The van der Waals surface area contributed by atoms with Gasteiger partial charge in [-0.15, -0.1) is 0 Å². The summed E-state index contributed by atoms with van der Waals surface area (Å²) in [5.74, 6) is 1.04. The summed E-state index contributed by atoms with van der Waals surface area (Å²) in [6.45, 7) is 5.55. The Morgan fingerprint density at radius 2 is 2.00 bits per heavy atom. The molecule has 4 heteroatoms. The second kappa shape index (κ2) is 7.39. The molecule has 1 aliphatic rings. The van der Waals surface area contributed by atoms with Crippen LogP contribution in [0.15, 0.2) is 24.5 Å². The predicted molar refractivity (Wildman–Crippen MR) is 80.4 cm³/mol. The van der Waals surface area contributed by atoms with Crippen LogP contribution in [0.25, 0.3) is 0 Å². The van der Waals surface area contributed by atoms with E-state index in [1.165, 1.54) is 5.56 Å². The van der Waals surface area contributed by atoms with Crippen LogP contribution in [0.2, 0.25) is 0 Å². The van der Waals surface area contributed by atoms with Gasteiger partial charge in [-0.3, -0.25) is 14.7 Å².